The number of carbonyl (C=O) groups excluding carboxylic acids is 2. The zero-order valence-electron chi connectivity index (χ0n) is 15.8. The van der Waals surface area contributed by atoms with Crippen molar-refractivity contribution in [1.82, 2.24) is 0 Å². The summed E-state index contributed by atoms with van der Waals surface area (Å²) < 4.78 is 10.8. The smallest absolute Gasteiger partial charge is 0.344 e. The summed E-state index contributed by atoms with van der Waals surface area (Å²) in [6.45, 7) is 3.55. The third-order valence-corrected chi connectivity index (χ3v) is 4.83. The molecule has 2 rings (SSSR count). The van der Waals surface area contributed by atoms with Crippen LogP contribution in [0.5, 0.6) is 5.75 Å². The maximum absolute atomic E-state index is 12.5. The molecule has 1 N–H and O–H groups in total. The van der Waals surface area contributed by atoms with Gasteiger partial charge in [-0.3, -0.25) is 4.79 Å². The van der Waals surface area contributed by atoms with E-state index in [0.29, 0.717) is 32.1 Å². The Morgan fingerprint density at radius 3 is 2.72 bits per heavy atom. The maximum atomic E-state index is 12.5. The van der Waals surface area contributed by atoms with E-state index in [-0.39, 0.29) is 18.8 Å². The molecule has 0 saturated carbocycles. The number of benzene rings is 2. The number of nitrogens with zero attached hydrogens (tertiary/aromatic N) is 1. The summed E-state index contributed by atoms with van der Waals surface area (Å²) in [5.74, 6) is -0.576. The lowest BCUT2D eigenvalue weighted by molar-refractivity contribution is -0.145. The fourth-order valence-corrected chi connectivity index (χ4v) is 3.00. The van der Waals surface area contributed by atoms with Crippen molar-refractivity contribution in [2.45, 2.75) is 13.8 Å². The Bertz CT molecular complexity index is 999. The summed E-state index contributed by atoms with van der Waals surface area (Å²) in [6.07, 6.45) is 1.45. The van der Waals surface area contributed by atoms with Gasteiger partial charge in [-0.2, -0.15) is 5.26 Å². The van der Waals surface area contributed by atoms with Gasteiger partial charge in [-0.05, 0) is 71.2 Å². The van der Waals surface area contributed by atoms with Gasteiger partial charge in [0.1, 0.15) is 17.4 Å². The first kappa shape index (κ1) is 22.5. The Balaban J connectivity index is 2.15. The molecule has 0 heterocycles. The number of halogens is 2. The lowest BCUT2D eigenvalue weighted by Crippen LogP contribution is -2.15. The van der Waals surface area contributed by atoms with E-state index in [1.54, 1.807) is 50.2 Å². The number of rotatable bonds is 7. The number of nitrogens with one attached hydrogen (secondary N) is 1. The zero-order valence-corrected chi connectivity index (χ0v) is 18.1. The molecule has 0 fully saturated rings. The van der Waals surface area contributed by atoms with Crippen molar-refractivity contribution in [2.24, 2.45) is 0 Å². The predicted octanol–water partition coefficient (Wildman–Crippen LogP) is 4.90. The number of carbonyl (C=O) groups is 2. The largest absolute Gasteiger partial charge is 0.481 e. The molecular formula is C21H18BrClN2O4. The molecular weight excluding hydrogens is 460 g/mol. The highest BCUT2D eigenvalue weighted by atomic mass is 79.9. The average molecular weight is 478 g/mol. The molecule has 0 aliphatic rings. The number of anilines is 1. The molecule has 0 aromatic heterocycles. The molecule has 0 aliphatic carbocycles. The van der Waals surface area contributed by atoms with E-state index in [4.69, 9.17) is 21.1 Å². The lowest BCUT2D eigenvalue weighted by Gasteiger charge is -2.10. The number of nitriles is 1. The molecule has 1 amide bonds. The first-order chi connectivity index (χ1) is 13.8. The van der Waals surface area contributed by atoms with E-state index in [1.807, 2.05) is 6.07 Å². The van der Waals surface area contributed by atoms with Crippen molar-refractivity contribution in [2.75, 3.05) is 18.5 Å². The highest BCUT2D eigenvalue weighted by Gasteiger charge is 2.13. The van der Waals surface area contributed by atoms with Crippen LogP contribution < -0.4 is 10.1 Å². The molecule has 0 atom stereocenters. The minimum atomic E-state index is -0.545. The van der Waals surface area contributed by atoms with Gasteiger partial charge in [-0.1, -0.05) is 23.7 Å². The van der Waals surface area contributed by atoms with Crippen molar-refractivity contribution in [3.63, 3.8) is 0 Å². The van der Waals surface area contributed by atoms with Crippen LogP contribution in [0, 0.1) is 18.3 Å². The molecule has 0 aliphatic heterocycles. The van der Waals surface area contributed by atoms with Gasteiger partial charge >= 0.3 is 5.97 Å². The third kappa shape index (κ3) is 6.34. The van der Waals surface area contributed by atoms with E-state index < -0.39 is 11.9 Å². The van der Waals surface area contributed by atoms with Gasteiger partial charge in [0.2, 0.25) is 0 Å². The first-order valence-electron chi connectivity index (χ1n) is 8.62. The Morgan fingerprint density at radius 2 is 2.07 bits per heavy atom. The molecule has 2 aromatic carbocycles. The van der Waals surface area contributed by atoms with Gasteiger partial charge in [0.05, 0.1) is 11.1 Å². The highest BCUT2D eigenvalue weighted by Crippen LogP contribution is 2.27. The summed E-state index contributed by atoms with van der Waals surface area (Å²) in [5.41, 5.74) is 1.78. The molecule has 6 nitrogen and oxygen atoms in total. The molecule has 150 valence electrons. The number of esters is 1. The molecule has 29 heavy (non-hydrogen) atoms. The number of hydrogen-bond donors (Lipinski definition) is 1. The van der Waals surface area contributed by atoms with Crippen molar-refractivity contribution in [1.29, 1.82) is 5.26 Å². The Labute approximate surface area is 182 Å². The quantitative estimate of drug-likeness (QED) is 0.348. The summed E-state index contributed by atoms with van der Waals surface area (Å²) in [6, 6.07) is 12.0. The van der Waals surface area contributed by atoms with Crippen LogP contribution >= 0.6 is 27.5 Å². The summed E-state index contributed by atoms with van der Waals surface area (Å²) in [4.78, 5) is 23.9. The molecule has 0 radical (unpaired) electrons. The number of hydrogen-bond acceptors (Lipinski definition) is 5. The Morgan fingerprint density at radius 1 is 1.31 bits per heavy atom. The van der Waals surface area contributed by atoms with Crippen LogP contribution in [0.1, 0.15) is 18.1 Å². The van der Waals surface area contributed by atoms with Crippen molar-refractivity contribution >= 4 is 51.2 Å². The van der Waals surface area contributed by atoms with Crippen LogP contribution in [0.3, 0.4) is 0 Å². The zero-order chi connectivity index (χ0) is 21.4. The second kappa shape index (κ2) is 10.6. The topological polar surface area (TPSA) is 88.4 Å². The van der Waals surface area contributed by atoms with Crippen LogP contribution in [-0.2, 0) is 14.3 Å². The van der Waals surface area contributed by atoms with Crippen molar-refractivity contribution in [3.05, 3.63) is 62.6 Å². The molecule has 0 saturated heterocycles. The standard InChI is InChI=1S/C21H18BrClN2O4/c1-3-28-20(26)12-29-19-8-7-14(10-16(19)22)9-15(11-24)21(27)25-18-6-4-5-17(23)13(18)2/h4-10H,3,12H2,1-2H3,(H,25,27)/b15-9-. The SMILES string of the molecule is CCOC(=O)COc1ccc(/C=C(/C#N)C(=O)Nc2cccc(Cl)c2C)cc1Br. The van der Waals surface area contributed by atoms with Crippen LogP contribution in [0.2, 0.25) is 5.02 Å². The first-order valence-corrected chi connectivity index (χ1v) is 9.79. The van der Waals surface area contributed by atoms with Crippen LogP contribution in [0.15, 0.2) is 46.4 Å². The van der Waals surface area contributed by atoms with Crippen molar-refractivity contribution < 1.29 is 19.1 Å². The van der Waals surface area contributed by atoms with E-state index in [2.05, 4.69) is 21.2 Å². The fraction of sp³-hybridized carbons (Fsp3) is 0.190. The summed E-state index contributed by atoms with van der Waals surface area (Å²) >= 11 is 9.41. The Kier molecular flexibility index (Phi) is 8.25. The molecule has 2 aromatic rings. The number of amides is 1. The van der Waals surface area contributed by atoms with Crippen LogP contribution in [0.25, 0.3) is 6.08 Å². The highest BCUT2D eigenvalue weighted by molar-refractivity contribution is 9.10. The van der Waals surface area contributed by atoms with Crippen molar-refractivity contribution in [3.8, 4) is 11.8 Å². The predicted molar refractivity (Wildman–Crippen MR) is 115 cm³/mol. The van der Waals surface area contributed by atoms with E-state index >= 15 is 0 Å². The maximum Gasteiger partial charge on any atom is 0.344 e. The second-order valence-corrected chi connectivity index (χ2v) is 7.08. The third-order valence-electron chi connectivity index (χ3n) is 3.80. The normalized spacial score (nSPS) is 10.8. The van der Waals surface area contributed by atoms with Gasteiger partial charge in [-0.15, -0.1) is 0 Å². The van der Waals surface area contributed by atoms with Gasteiger partial charge in [0.15, 0.2) is 6.61 Å². The molecule has 0 unspecified atom stereocenters. The fourth-order valence-electron chi connectivity index (χ4n) is 2.31. The van der Waals surface area contributed by atoms with Gasteiger partial charge in [0.25, 0.3) is 5.91 Å². The van der Waals surface area contributed by atoms with E-state index in [9.17, 15) is 14.9 Å². The monoisotopic (exact) mass is 476 g/mol. The van der Waals surface area contributed by atoms with Crippen LogP contribution in [-0.4, -0.2) is 25.1 Å². The van der Waals surface area contributed by atoms with E-state index in [1.165, 1.54) is 6.08 Å². The van der Waals surface area contributed by atoms with Gasteiger partial charge in [0, 0.05) is 10.7 Å². The van der Waals surface area contributed by atoms with Gasteiger partial charge in [-0.25, -0.2) is 4.79 Å². The molecule has 0 bridgehead atoms. The summed E-state index contributed by atoms with van der Waals surface area (Å²) in [7, 11) is 0. The molecule has 8 heteroatoms. The van der Waals surface area contributed by atoms with E-state index in [0.717, 1.165) is 0 Å². The minimum absolute atomic E-state index is 0.0727. The lowest BCUT2D eigenvalue weighted by atomic mass is 10.1. The minimum Gasteiger partial charge on any atom is -0.481 e. The van der Waals surface area contributed by atoms with Gasteiger partial charge < -0.3 is 14.8 Å². The number of ether oxygens (including phenoxy) is 2. The molecule has 0 spiro atoms. The van der Waals surface area contributed by atoms with Crippen LogP contribution in [0.4, 0.5) is 5.69 Å². The summed E-state index contributed by atoms with van der Waals surface area (Å²) in [5, 5.41) is 12.6. The Hall–Kier alpha value is -2.82. The average Bonchev–Trinajstić information content (AvgIpc) is 2.69. The second-order valence-electron chi connectivity index (χ2n) is 5.82.